The van der Waals surface area contributed by atoms with Crippen molar-refractivity contribution in [2.45, 2.75) is 65.2 Å². The maximum absolute atomic E-state index is 11.6. The zero-order valence-electron chi connectivity index (χ0n) is 14.3. The molecule has 7 heteroatoms. The van der Waals surface area contributed by atoms with Gasteiger partial charge in [0.1, 0.15) is 11.6 Å². The number of hydrogen-bond acceptors (Lipinski definition) is 5. The Morgan fingerprint density at radius 2 is 1.77 bits per heavy atom. The van der Waals surface area contributed by atoms with Crippen molar-refractivity contribution < 1.29 is 24.5 Å². The summed E-state index contributed by atoms with van der Waals surface area (Å²) < 4.78 is 5.05. The van der Waals surface area contributed by atoms with E-state index in [1.807, 2.05) is 13.8 Å². The number of carbonyl (C=O) groups excluding carboxylic acids is 1. The Balaban J connectivity index is 4.27. The zero-order valence-corrected chi connectivity index (χ0v) is 15.1. The number of aliphatic carboxylic acids is 1. The molecule has 0 aromatic rings. The fourth-order valence-electron chi connectivity index (χ4n) is 1.35. The molecule has 0 rings (SSSR count). The second kappa shape index (κ2) is 8.62. The predicted octanol–water partition coefficient (Wildman–Crippen LogP) is 2.49. The summed E-state index contributed by atoms with van der Waals surface area (Å²) in [6.07, 6.45) is -0.466. The molecule has 0 saturated heterocycles. The van der Waals surface area contributed by atoms with Crippen LogP contribution in [0.1, 0.15) is 48.0 Å². The average molecular weight is 335 g/mol. The summed E-state index contributed by atoms with van der Waals surface area (Å²) in [5.74, 6) is 0.0660. The van der Waals surface area contributed by atoms with Crippen LogP contribution >= 0.6 is 11.8 Å². The second-order valence-electron chi connectivity index (χ2n) is 6.89. The van der Waals surface area contributed by atoms with Gasteiger partial charge in [-0.25, -0.2) is 9.59 Å². The monoisotopic (exact) mass is 335 g/mol. The molecule has 0 aliphatic carbocycles. The van der Waals surface area contributed by atoms with Crippen molar-refractivity contribution in [3.8, 4) is 0 Å². The molecule has 0 fully saturated rings. The first-order valence-corrected chi connectivity index (χ1v) is 8.53. The van der Waals surface area contributed by atoms with E-state index >= 15 is 0 Å². The number of carboxylic acids is 1. The summed E-state index contributed by atoms with van der Waals surface area (Å²) in [7, 11) is 0. The molecule has 0 heterocycles. The maximum Gasteiger partial charge on any atom is 0.408 e. The maximum atomic E-state index is 11.6. The molecule has 2 atom stereocenters. The molecule has 0 radical (unpaired) electrons. The third-order valence-corrected chi connectivity index (χ3v) is 4.49. The molecule has 0 aliphatic rings. The summed E-state index contributed by atoms with van der Waals surface area (Å²) in [6.45, 7) is 10.8. The third-order valence-electron chi connectivity index (χ3n) is 3.18. The average Bonchev–Trinajstić information content (AvgIpc) is 2.30. The lowest BCUT2D eigenvalue weighted by atomic mass is 9.95. The normalized spacial score (nSPS) is 16.0. The number of aliphatic hydroxyl groups is 1. The summed E-state index contributed by atoms with van der Waals surface area (Å²) in [5, 5.41) is 21.6. The fraction of sp³-hybridized carbons (Fsp3) is 0.867. The van der Waals surface area contributed by atoms with Crippen LogP contribution in [-0.4, -0.2) is 51.0 Å². The smallest absolute Gasteiger partial charge is 0.408 e. The number of nitrogens with one attached hydrogen (secondary N) is 1. The van der Waals surface area contributed by atoms with Gasteiger partial charge in [-0.1, -0.05) is 13.8 Å². The van der Waals surface area contributed by atoms with Gasteiger partial charge in [-0.15, -0.1) is 0 Å². The first kappa shape index (κ1) is 21.0. The van der Waals surface area contributed by atoms with Crippen molar-refractivity contribution in [2.75, 3.05) is 11.5 Å². The van der Waals surface area contributed by atoms with Crippen LogP contribution in [-0.2, 0) is 9.53 Å². The molecule has 22 heavy (non-hydrogen) atoms. The summed E-state index contributed by atoms with van der Waals surface area (Å²) in [6, 6.07) is -0.994. The molecule has 1 amide bonds. The standard InChI is InChI=1S/C15H29NO5S/c1-10(2)15(6,20)9-22-8-7-11(12(17)18)16-13(19)21-14(3,4)5/h10-11,20H,7-9H2,1-6H3,(H,16,19)(H,17,18). The van der Waals surface area contributed by atoms with Crippen LogP contribution in [0, 0.1) is 5.92 Å². The third kappa shape index (κ3) is 9.15. The van der Waals surface area contributed by atoms with Crippen molar-refractivity contribution in [3.05, 3.63) is 0 Å². The minimum Gasteiger partial charge on any atom is -0.480 e. The van der Waals surface area contributed by atoms with Gasteiger partial charge < -0.3 is 20.3 Å². The summed E-state index contributed by atoms with van der Waals surface area (Å²) in [4.78, 5) is 22.8. The van der Waals surface area contributed by atoms with E-state index in [4.69, 9.17) is 9.84 Å². The van der Waals surface area contributed by atoms with Gasteiger partial charge in [0.25, 0.3) is 0 Å². The van der Waals surface area contributed by atoms with Crippen LogP contribution in [0.3, 0.4) is 0 Å². The van der Waals surface area contributed by atoms with Crippen LogP contribution in [0.15, 0.2) is 0 Å². The van der Waals surface area contributed by atoms with E-state index in [0.29, 0.717) is 11.5 Å². The largest absolute Gasteiger partial charge is 0.480 e. The first-order chi connectivity index (χ1) is 9.85. The molecule has 0 aromatic heterocycles. The highest BCUT2D eigenvalue weighted by molar-refractivity contribution is 7.99. The molecule has 0 bridgehead atoms. The van der Waals surface area contributed by atoms with E-state index in [2.05, 4.69) is 5.32 Å². The van der Waals surface area contributed by atoms with E-state index in [9.17, 15) is 14.7 Å². The zero-order chi connectivity index (χ0) is 17.6. The molecule has 0 saturated carbocycles. The Morgan fingerprint density at radius 3 is 2.18 bits per heavy atom. The second-order valence-corrected chi connectivity index (χ2v) is 8.00. The lowest BCUT2D eigenvalue weighted by molar-refractivity contribution is -0.139. The predicted molar refractivity (Wildman–Crippen MR) is 88.2 cm³/mol. The van der Waals surface area contributed by atoms with E-state index < -0.39 is 29.3 Å². The number of carbonyl (C=O) groups is 2. The minimum absolute atomic E-state index is 0.121. The molecule has 0 aliphatic heterocycles. The van der Waals surface area contributed by atoms with E-state index in [0.717, 1.165) is 0 Å². The minimum atomic E-state index is -1.10. The highest BCUT2D eigenvalue weighted by atomic mass is 32.2. The van der Waals surface area contributed by atoms with E-state index in [-0.39, 0.29) is 12.3 Å². The lowest BCUT2D eigenvalue weighted by Crippen LogP contribution is -2.43. The summed E-state index contributed by atoms with van der Waals surface area (Å²) >= 11 is 1.47. The first-order valence-electron chi connectivity index (χ1n) is 7.37. The molecule has 130 valence electrons. The van der Waals surface area contributed by atoms with Gasteiger partial charge in [-0.3, -0.25) is 0 Å². The number of thioether (sulfide) groups is 1. The van der Waals surface area contributed by atoms with E-state index in [1.165, 1.54) is 11.8 Å². The Kier molecular flexibility index (Phi) is 8.25. The van der Waals surface area contributed by atoms with Crippen LogP contribution in [0.5, 0.6) is 0 Å². The number of carboxylic acid groups (broad SMARTS) is 1. The van der Waals surface area contributed by atoms with Gasteiger partial charge in [0.05, 0.1) is 5.60 Å². The Bertz CT molecular complexity index is 377. The van der Waals surface area contributed by atoms with Crippen molar-refractivity contribution in [1.82, 2.24) is 5.32 Å². The van der Waals surface area contributed by atoms with Gasteiger partial charge >= 0.3 is 12.1 Å². The molecule has 2 unspecified atom stereocenters. The molecule has 0 spiro atoms. The highest BCUT2D eigenvalue weighted by Gasteiger charge is 2.26. The lowest BCUT2D eigenvalue weighted by Gasteiger charge is -2.27. The molecular weight excluding hydrogens is 306 g/mol. The Hall–Kier alpha value is -0.950. The number of rotatable bonds is 8. The number of alkyl carbamates (subject to hydrolysis) is 1. The van der Waals surface area contributed by atoms with Gasteiger partial charge in [0, 0.05) is 5.75 Å². The number of hydrogen-bond donors (Lipinski definition) is 3. The topological polar surface area (TPSA) is 95.9 Å². The Morgan fingerprint density at radius 1 is 1.23 bits per heavy atom. The highest BCUT2D eigenvalue weighted by Crippen LogP contribution is 2.22. The fourth-order valence-corrected chi connectivity index (χ4v) is 2.65. The molecular formula is C15H29NO5S. The van der Waals surface area contributed by atoms with Gasteiger partial charge in [-0.2, -0.15) is 11.8 Å². The van der Waals surface area contributed by atoms with Gasteiger partial charge in [-0.05, 0) is 45.8 Å². The van der Waals surface area contributed by atoms with Crippen molar-refractivity contribution in [3.63, 3.8) is 0 Å². The van der Waals surface area contributed by atoms with Gasteiger partial charge in [0.2, 0.25) is 0 Å². The van der Waals surface area contributed by atoms with Crippen molar-refractivity contribution >= 4 is 23.8 Å². The van der Waals surface area contributed by atoms with Crippen LogP contribution < -0.4 is 5.32 Å². The SMILES string of the molecule is CC(C)C(C)(O)CSCCC(NC(=O)OC(C)(C)C)C(=O)O. The molecule has 6 nitrogen and oxygen atoms in total. The van der Waals surface area contributed by atoms with Crippen molar-refractivity contribution in [1.29, 1.82) is 0 Å². The molecule has 3 N–H and O–H groups in total. The van der Waals surface area contributed by atoms with Crippen molar-refractivity contribution in [2.24, 2.45) is 5.92 Å². The quantitative estimate of drug-likeness (QED) is 0.590. The van der Waals surface area contributed by atoms with Gasteiger partial charge in [0.15, 0.2) is 0 Å². The number of ether oxygens (including phenoxy) is 1. The Labute approximate surface area is 137 Å². The molecule has 0 aromatic carbocycles. The van der Waals surface area contributed by atoms with Crippen LogP contribution in [0.2, 0.25) is 0 Å². The number of amides is 1. The van der Waals surface area contributed by atoms with E-state index in [1.54, 1.807) is 27.7 Å². The van der Waals surface area contributed by atoms with Crippen LogP contribution in [0.4, 0.5) is 4.79 Å². The summed E-state index contributed by atoms with van der Waals surface area (Å²) in [5.41, 5.74) is -1.46. The van der Waals surface area contributed by atoms with Crippen LogP contribution in [0.25, 0.3) is 0 Å².